The summed E-state index contributed by atoms with van der Waals surface area (Å²) >= 11 is 0. The van der Waals surface area contributed by atoms with Crippen LogP contribution in [-0.4, -0.2) is 91.5 Å². The lowest BCUT2D eigenvalue weighted by atomic mass is 9.87. The average Bonchev–Trinajstić information content (AvgIpc) is 3.44. The topological polar surface area (TPSA) is 152 Å². The Morgan fingerprint density at radius 1 is 1.18 bits per heavy atom. The average molecular weight is 705 g/mol. The van der Waals surface area contributed by atoms with E-state index in [1.54, 1.807) is 6.07 Å². The van der Waals surface area contributed by atoms with Crippen LogP contribution < -0.4 is 10.6 Å². The Morgan fingerprint density at radius 3 is 2.76 bits per heavy atom. The van der Waals surface area contributed by atoms with E-state index in [2.05, 4.69) is 15.6 Å². The molecule has 3 aromatic rings. The van der Waals surface area contributed by atoms with Gasteiger partial charge in [0, 0.05) is 37.0 Å². The van der Waals surface area contributed by atoms with Gasteiger partial charge in [-0.05, 0) is 81.7 Å². The van der Waals surface area contributed by atoms with E-state index in [0.29, 0.717) is 30.7 Å². The molecular weight excluding hydrogens is 662 g/mol. The zero-order chi connectivity index (χ0) is 34.5. The first-order valence-corrected chi connectivity index (χ1v) is 18.3. The third-order valence-electron chi connectivity index (χ3n) is 9.79. The van der Waals surface area contributed by atoms with Crippen molar-refractivity contribution in [1.82, 2.24) is 14.6 Å². The van der Waals surface area contributed by atoms with Gasteiger partial charge < -0.3 is 34.4 Å². The maximum Gasteiger partial charge on any atom is 0.407 e. The molecule has 4 aliphatic rings. The monoisotopic (exact) mass is 704 g/mol. The van der Waals surface area contributed by atoms with E-state index in [1.807, 2.05) is 0 Å². The van der Waals surface area contributed by atoms with Crippen LogP contribution in [0.15, 0.2) is 51.8 Å². The number of nitrogens with zero attached hydrogens (tertiary/aromatic N) is 2. The molecule has 12 nitrogen and oxygen atoms in total. The maximum absolute atomic E-state index is 15.2. The molecule has 49 heavy (non-hydrogen) atoms. The second-order valence-corrected chi connectivity index (χ2v) is 16.2. The van der Waals surface area contributed by atoms with Gasteiger partial charge in [0.1, 0.15) is 23.1 Å². The van der Waals surface area contributed by atoms with E-state index in [0.717, 1.165) is 23.6 Å². The normalized spacial score (nSPS) is 26.4. The Hall–Kier alpha value is -3.37. The molecule has 2 aliphatic carbocycles. The Balaban J connectivity index is 1.11. The molecule has 0 radical (unpaired) electrons. The van der Waals surface area contributed by atoms with Gasteiger partial charge in [-0.3, -0.25) is 0 Å². The Morgan fingerprint density at radius 2 is 2.00 bits per heavy atom. The standard InChI is InChI=1S/C34H42F2N4O8S/c1-34(2,36)18-40(49(43,44)23-8-9-25-29(15-23)47-32(38-25)37-22-6-7-22)16-27(41)26(13-19-4-3-5-21(35)12-19)39-33(42)48-28-14-20-17-46-31-30(20)24(28)10-11-45-31/h3-5,8-9,12,15,20,22,24,26-28,30-31,41H,6-7,10-11,13-14,16-18H2,1-2H3,(H,37,38)(H,39,42)/t20?,24?,26-,27+,28+,30-,31-/m0/s1. The summed E-state index contributed by atoms with van der Waals surface area (Å²) in [5.74, 6) is -0.0934. The Labute approximate surface area is 283 Å². The van der Waals surface area contributed by atoms with Crippen molar-refractivity contribution in [2.75, 3.05) is 31.6 Å². The number of alkyl halides is 1. The minimum atomic E-state index is -4.40. The predicted octanol–water partition coefficient (Wildman–Crippen LogP) is 4.38. The number of fused-ring (bicyclic) bond motifs is 1. The number of alkyl carbamates (subject to hydrolysis) is 1. The molecule has 1 aromatic heterocycles. The second-order valence-electron chi connectivity index (χ2n) is 14.3. The summed E-state index contributed by atoms with van der Waals surface area (Å²) in [5.41, 5.74) is -0.847. The van der Waals surface area contributed by atoms with E-state index in [4.69, 9.17) is 18.6 Å². The molecular formula is C34H42F2N4O8S. The number of aliphatic hydroxyl groups excluding tert-OH is 1. The highest BCUT2D eigenvalue weighted by Gasteiger charge is 2.55. The van der Waals surface area contributed by atoms with Gasteiger partial charge in [-0.25, -0.2) is 22.0 Å². The van der Waals surface area contributed by atoms with Crippen molar-refractivity contribution in [3.05, 3.63) is 53.8 Å². The van der Waals surface area contributed by atoms with Gasteiger partial charge in [-0.1, -0.05) is 12.1 Å². The van der Waals surface area contributed by atoms with E-state index < -0.39 is 52.8 Å². The Bertz CT molecular complexity index is 1780. The fraction of sp³-hybridized carbons (Fsp3) is 0.588. The number of aliphatic hydroxyl groups is 1. The number of sulfonamides is 1. The largest absolute Gasteiger partial charge is 0.446 e. The number of halogens is 2. The third-order valence-corrected chi connectivity index (χ3v) is 11.6. The lowest BCUT2D eigenvalue weighted by molar-refractivity contribution is -0.173. The summed E-state index contributed by atoms with van der Waals surface area (Å²) in [4.78, 5) is 17.6. The van der Waals surface area contributed by atoms with Crippen molar-refractivity contribution in [2.24, 2.45) is 17.8 Å². The van der Waals surface area contributed by atoms with E-state index in [9.17, 15) is 22.7 Å². The molecule has 3 N–H and O–H groups in total. The molecule has 2 aliphatic heterocycles. The second kappa shape index (κ2) is 13.4. The molecule has 7 atom stereocenters. The number of rotatable bonds is 13. The van der Waals surface area contributed by atoms with Crippen molar-refractivity contribution in [1.29, 1.82) is 0 Å². The van der Waals surface area contributed by atoms with Crippen molar-refractivity contribution in [3.8, 4) is 0 Å². The zero-order valence-corrected chi connectivity index (χ0v) is 28.2. The van der Waals surface area contributed by atoms with Crippen molar-refractivity contribution in [2.45, 2.75) is 87.1 Å². The molecule has 0 bridgehead atoms. The molecule has 2 saturated heterocycles. The number of hydrogen-bond donors (Lipinski definition) is 3. The van der Waals surface area contributed by atoms with E-state index in [1.165, 1.54) is 50.2 Å². The third kappa shape index (κ3) is 7.70. The van der Waals surface area contributed by atoms with E-state index in [-0.39, 0.29) is 59.1 Å². The first kappa shape index (κ1) is 34.1. The van der Waals surface area contributed by atoms with Crippen molar-refractivity contribution >= 4 is 33.2 Å². The van der Waals surface area contributed by atoms with Crippen LogP contribution in [0.2, 0.25) is 0 Å². The number of anilines is 1. The summed E-state index contributed by atoms with van der Waals surface area (Å²) in [7, 11) is -4.40. The first-order chi connectivity index (χ1) is 23.3. The summed E-state index contributed by atoms with van der Waals surface area (Å²) in [6.07, 6.45) is 0.257. The number of nitrogens with one attached hydrogen (secondary N) is 2. The fourth-order valence-corrected chi connectivity index (χ4v) is 8.98. The SMILES string of the molecule is CC(C)(F)CN(C[C@@H](O)[C@H](Cc1cccc(F)c1)NC(=O)O[C@@H]1CC2CO[C@@H]3OCCC1[C@H]23)S(=O)(=O)c1ccc2nc(NC3CC3)oc2c1. The van der Waals surface area contributed by atoms with Crippen LogP contribution in [0.1, 0.15) is 45.1 Å². The van der Waals surface area contributed by atoms with E-state index >= 15 is 4.39 Å². The highest BCUT2D eigenvalue weighted by atomic mass is 32.2. The number of aromatic nitrogens is 1. The number of carbonyl (C=O) groups excluding carboxylic acids is 1. The van der Waals surface area contributed by atoms with Gasteiger partial charge in [0.25, 0.3) is 6.01 Å². The summed E-state index contributed by atoms with van der Waals surface area (Å²) in [6, 6.07) is 9.30. The molecule has 3 heterocycles. The summed E-state index contributed by atoms with van der Waals surface area (Å²) < 4.78 is 81.4. The molecule has 1 amide bonds. The van der Waals surface area contributed by atoms with Crippen LogP contribution >= 0.6 is 0 Å². The van der Waals surface area contributed by atoms with Crippen LogP contribution in [0.4, 0.5) is 19.6 Å². The summed E-state index contributed by atoms with van der Waals surface area (Å²) in [5, 5.41) is 17.5. The number of benzene rings is 2. The van der Waals surface area contributed by atoms with Crippen LogP contribution in [0, 0.1) is 23.6 Å². The van der Waals surface area contributed by atoms with Gasteiger partial charge in [0.05, 0.1) is 30.3 Å². The maximum atomic E-state index is 15.2. The van der Waals surface area contributed by atoms with Gasteiger partial charge in [-0.2, -0.15) is 9.29 Å². The predicted molar refractivity (Wildman–Crippen MR) is 173 cm³/mol. The van der Waals surface area contributed by atoms with Crippen LogP contribution in [-0.2, 0) is 30.7 Å². The van der Waals surface area contributed by atoms with Gasteiger partial charge >= 0.3 is 6.09 Å². The quantitative estimate of drug-likeness (QED) is 0.234. The molecule has 2 unspecified atom stereocenters. The minimum absolute atomic E-state index is 0.0508. The van der Waals surface area contributed by atoms with Gasteiger partial charge in [-0.15, -0.1) is 0 Å². The molecule has 2 aromatic carbocycles. The molecule has 7 rings (SSSR count). The lowest BCUT2D eigenvalue weighted by Gasteiger charge is -2.33. The van der Waals surface area contributed by atoms with Crippen molar-refractivity contribution < 1.29 is 45.7 Å². The summed E-state index contributed by atoms with van der Waals surface area (Å²) in [6.45, 7) is 2.33. The zero-order valence-electron chi connectivity index (χ0n) is 27.4. The lowest BCUT2D eigenvalue weighted by Crippen LogP contribution is -2.52. The molecule has 2 saturated carbocycles. The molecule has 15 heteroatoms. The van der Waals surface area contributed by atoms with Crippen molar-refractivity contribution in [3.63, 3.8) is 0 Å². The van der Waals surface area contributed by atoms with Crippen LogP contribution in [0.25, 0.3) is 11.1 Å². The molecule has 0 spiro atoms. The number of carbonyl (C=O) groups is 1. The fourth-order valence-electron chi connectivity index (χ4n) is 7.36. The van der Waals surface area contributed by atoms with Crippen LogP contribution in [0.5, 0.6) is 0 Å². The number of oxazole rings is 1. The number of ether oxygens (including phenoxy) is 3. The number of hydrogen-bond acceptors (Lipinski definition) is 10. The highest BCUT2D eigenvalue weighted by molar-refractivity contribution is 7.89. The molecule has 4 fully saturated rings. The minimum Gasteiger partial charge on any atom is -0.446 e. The van der Waals surface area contributed by atoms with Crippen LogP contribution in [0.3, 0.4) is 0 Å². The first-order valence-electron chi connectivity index (χ1n) is 16.8. The number of amides is 1. The highest BCUT2D eigenvalue weighted by Crippen LogP contribution is 2.50. The van der Waals surface area contributed by atoms with Gasteiger partial charge in [0.2, 0.25) is 10.0 Å². The van der Waals surface area contributed by atoms with Gasteiger partial charge in [0.15, 0.2) is 11.9 Å². The smallest absolute Gasteiger partial charge is 0.407 e. The molecule has 266 valence electrons. The Kier molecular flexibility index (Phi) is 9.32.